The van der Waals surface area contributed by atoms with Crippen LogP contribution in [0.5, 0.6) is 0 Å². The molecule has 1 saturated carbocycles. The molecule has 2 N–H and O–H groups in total. The molecule has 1 aromatic rings. The average Bonchev–Trinajstić information content (AvgIpc) is 2.93. The molecule has 7 nitrogen and oxygen atoms in total. The number of hydrogen-bond donors (Lipinski definition) is 2. The van der Waals surface area contributed by atoms with Crippen LogP contribution in [0, 0.1) is 5.92 Å². The van der Waals surface area contributed by atoms with Crippen molar-refractivity contribution in [2.75, 3.05) is 13.1 Å². The van der Waals surface area contributed by atoms with Crippen molar-refractivity contribution in [2.24, 2.45) is 5.92 Å². The van der Waals surface area contributed by atoms with E-state index in [1.54, 1.807) is 0 Å². The van der Waals surface area contributed by atoms with E-state index >= 15 is 0 Å². The topological polar surface area (TPSA) is 81.8 Å². The number of rotatable bonds is 4. The van der Waals surface area contributed by atoms with Gasteiger partial charge in [-0.3, -0.25) is 19.9 Å². The van der Waals surface area contributed by atoms with Crippen molar-refractivity contribution in [2.45, 2.75) is 57.0 Å². The van der Waals surface area contributed by atoms with Gasteiger partial charge in [-0.15, -0.1) is 0 Å². The number of likely N-dealkylation sites (tertiary alicyclic amines) is 1. The van der Waals surface area contributed by atoms with Crippen molar-refractivity contribution in [1.29, 1.82) is 0 Å². The molecule has 1 aromatic carbocycles. The van der Waals surface area contributed by atoms with E-state index in [2.05, 4.69) is 27.8 Å². The molecule has 7 heteroatoms. The first-order valence-corrected chi connectivity index (χ1v) is 10.3. The summed E-state index contributed by atoms with van der Waals surface area (Å²) in [5.74, 6) is -0.766. The van der Waals surface area contributed by atoms with Gasteiger partial charge in [0.05, 0.1) is 5.92 Å². The molecule has 3 aliphatic rings. The van der Waals surface area contributed by atoms with Gasteiger partial charge in [0.2, 0.25) is 5.91 Å². The fourth-order valence-electron chi connectivity index (χ4n) is 4.67. The summed E-state index contributed by atoms with van der Waals surface area (Å²) in [6, 6.07) is 9.69. The smallest absolute Gasteiger partial charge is 0.322 e. The van der Waals surface area contributed by atoms with Crippen molar-refractivity contribution < 1.29 is 14.4 Å². The SMILES string of the molecule is O=C(NN1C(=O)NC2(CCCCC2)C1=O)C1CCCN(Cc2ccccc2)C1. The average molecular weight is 384 g/mol. The van der Waals surface area contributed by atoms with Crippen LogP contribution in [-0.2, 0) is 16.1 Å². The lowest BCUT2D eigenvalue weighted by atomic mass is 9.82. The highest BCUT2D eigenvalue weighted by Crippen LogP contribution is 2.33. The maximum Gasteiger partial charge on any atom is 0.344 e. The second-order valence-corrected chi connectivity index (χ2v) is 8.25. The van der Waals surface area contributed by atoms with Gasteiger partial charge in [-0.2, -0.15) is 5.01 Å². The number of benzene rings is 1. The van der Waals surface area contributed by atoms with E-state index in [-0.39, 0.29) is 17.7 Å². The third kappa shape index (κ3) is 3.76. The Hall–Kier alpha value is -2.41. The number of hydrogen-bond acceptors (Lipinski definition) is 4. The molecule has 28 heavy (non-hydrogen) atoms. The molecule has 1 unspecified atom stereocenters. The van der Waals surface area contributed by atoms with Crippen LogP contribution in [-0.4, -0.2) is 46.4 Å². The van der Waals surface area contributed by atoms with E-state index in [1.165, 1.54) is 5.56 Å². The quantitative estimate of drug-likeness (QED) is 0.780. The number of piperidine rings is 1. The first-order chi connectivity index (χ1) is 13.6. The Morgan fingerprint density at radius 1 is 1.11 bits per heavy atom. The summed E-state index contributed by atoms with van der Waals surface area (Å²) in [6.45, 7) is 2.39. The molecule has 3 fully saturated rings. The van der Waals surface area contributed by atoms with Gasteiger partial charge in [-0.25, -0.2) is 4.79 Å². The van der Waals surface area contributed by atoms with Gasteiger partial charge in [0.1, 0.15) is 5.54 Å². The van der Waals surface area contributed by atoms with Crippen LogP contribution in [0.2, 0.25) is 0 Å². The van der Waals surface area contributed by atoms with Gasteiger partial charge in [-0.1, -0.05) is 49.6 Å². The Morgan fingerprint density at radius 3 is 2.61 bits per heavy atom. The Bertz CT molecular complexity index is 745. The van der Waals surface area contributed by atoms with Gasteiger partial charge >= 0.3 is 6.03 Å². The monoisotopic (exact) mass is 384 g/mol. The summed E-state index contributed by atoms with van der Waals surface area (Å²) in [5, 5.41) is 3.75. The Balaban J connectivity index is 1.36. The van der Waals surface area contributed by atoms with E-state index in [9.17, 15) is 14.4 Å². The summed E-state index contributed by atoms with van der Waals surface area (Å²) < 4.78 is 0. The fraction of sp³-hybridized carbons (Fsp3) is 0.571. The molecule has 1 atom stereocenters. The van der Waals surface area contributed by atoms with Crippen LogP contribution in [0.25, 0.3) is 0 Å². The lowest BCUT2D eigenvalue weighted by Gasteiger charge is -2.33. The van der Waals surface area contributed by atoms with Crippen molar-refractivity contribution in [1.82, 2.24) is 20.7 Å². The highest BCUT2D eigenvalue weighted by molar-refractivity contribution is 6.08. The highest BCUT2D eigenvalue weighted by Gasteiger charge is 2.52. The third-order valence-corrected chi connectivity index (χ3v) is 6.22. The predicted octanol–water partition coefficient (Wildman–Crippen LogP) is 2.18. The summed E-state index contributed by atoms with van der Waals surface area (Å²) in [7, 11) is 0. The molecule has 0 bridgehead atoms. The summed E-state index contributed by atoms with van der Waals surface area (Å²) in [5.41, 5.74) is 3.02. The first kappa shape index (κ1) is 18.9. The maximum absolute atomic E-state index is 12.8. The molecule has 1 aliphatic carbocycles. The van der Waals surface area contributed by atoms with E-state index in [4.69, 9.17) is 0 Å². The number of amides is 4. The normalized spacial score (nSPS) is 25.0. The molecular weight excluding hydrogens is 356 g/mol. The molecular formula is C21H28N4O3. The van der Waals surface area contributed by atoms with Crippen LogP contribution < -0.4 is 10.7 Å². The second-order valence-electron chi connectivity index (χ2n) is 8.25. The predicted molar refractivity (Wildman–Crippen MR) is 104 cm³/mol. The maximum atomic E-state index is 12.8. The van der Waals surface area contributed by atoms with Crippen LogP contribution in [0.1, 0.15) is 50.5 Å². The standard InChI is InChI=1S/C21H28N4O3/c26-18(17-10-7-13-24(15-17)14-16-8-3-1-4-9-16)23-25-19(27)21(22-20(25)28)11-5-2-6-12-21/h1,3-4,8-9,17H,2,5-7,10-15H2,(H,22,28)(H,23,26). The number of imide groups is 1. The van der Waals surface area contributed by atoms with Crippen molar-refractivity contribution >= 4 is 17.8 Å². The van der Waals surface area contributed by atoms with Gasteiger partial charge in [-0.05, 0) is 37.8 Å². The van der Waals surface area contributed by atoms with Gasteiger partial charge in [0, 0.05) is 13.1 Å². The highest BCUT2D eigenvalue weighted by atomic mass is 16.2. The first-order valence-electron chi connectivity index (χ1n) is 10.3. The zero-order chi connectivity index (χ0) is 19.6. The number of carbonyl (C=O) groups is 3. The summed E-state index contributed by atoms with van der Waals surface area (Å²) >= 11 is 0. The van der Waals surface area contributed by atoms with Crippen molar-refractivity contribution in [3.8, 4) is 0 Å². The summed E-state index contributed by atoms with van der Waals surface area (Å²) in [4.78, 5) is 40.2. The minimum atomic E-state index is -0.811. The lowest BCUT2D eigenvalue weighted by Crippen LogP contribution is -2.53. The van der Waals surface area contributed by atoms with E-state index in [1.807, 2.05) is 18.2 Å². The van der Waals surface area contributed by atoms with E-state index in [0.717, 1.165) is 50.2 Å². The van der Waals surface area contributed by atoms with Crippen molar-refractivity contribution in [3.05, 3.63) is 35.9 Å². The van der Waals surface area contributed by atoms with E-state index < -0.39 is 11.6 Å². The Morgan fingerprint density at radius 2 is 1.86 bits per heavy atom. The largest absolute Gasteiger partial charge is 0.344 e. The van der Waals surface area contributed by atoms with E-state index in [0.29, 0.717) is 19.4 Å². The van der Waals surface area contributed by atoms with Gasteiger partial charge < -0.3 is 5.32 Å². The molecule has 150 valence electrons. The minimum Gasteiger partial charge on any atom is -0.322 e. The van der Waals surface area contributed by atoms with Crippen molar-refractivity contribution in [3.63, 3.8) is 0 Å². The zero-order valence-corrected chi connectivity index (χ0v) is 16.2. The lowest BCUT2D eigenvalue weighted by molar-refractivity contribution is -0.142. The Labute approximate surface area is 165 Å². The van der Waals surface area contributed by atoms with Crippen LogP contribution in [0.15, 0.2) is 30.3 Å². The number of carbonyl (C=O) groups excluding carboxylic acids is 3. The van der Waals surface area contributed by atoms with Crippen LogP contribution in [0.4, 0.5) is 4.79 Å². The third-order valence-electron chi connectivity index (χ3n) is 6.22. The zero-order valence-electron chi connectivity index (χ0n) is 16.2. The number of hydrazine groups is 1. The van der Waals surface area contributed by atoms with Gasteiger partial charge in [0.15, 0.2) is 0 Å². The number of nitrogens with one attached hydrogen (secondary N) is 2. The summed E-state index contributed by atoms with van der Waals surface area (Å²) in [6.07, 6.45) is 5.92. The van der Waals surface area contributed by atoms with Gasteiger partial charge in [0.25, 0.3) is 5.91 Å². The molecule has 2 aliphatic heterocycles. The fourth-order valence-corrected chi connectivity index (χ4v) is 4.67. The molecule has 2 saturated heterocycles. The second kappa shape index (κ2) is 7.91. The number of nitrogens with zero attached hydrogens (tertiary/aromatic N) is 2. The molecule has 4 amide bonds. The molecule has 0 radical (unpaired) electrons. The Kier molecular flexibility index (Phi) is 5.35. The number of urea groups is 1. The molecule has 1 spiro atoms. The molecule has 4 rings (SSSR count). The van der Waals surface area contributed by atoms with Crippen LogP contribution in [0.3, 0.4) is 0 Å². The van der Waals surface area contributed by atoms with Crippen LogP contribution >= 0.6 is 0 Å². The molecule has 0 aromatic heterocycles. The minimum absolute atomic E-state index is 0.221. The molecule has 2 heterocycles.